The fraction of sp³-hybridized carbons (Fsp3) is 1.00. The maximum Gasteiger partial charge on any atom is 0.405 e. The van der Waals surface area contributed by atoms with Gasteiger partial charge in [-0.25, -0.2) is 9.65 Å². The fourth-order valence-corrected chi connectivity index (χ4v) is 3.22. The Morgan fingerprint density at radius 2 is 1.76 bits per heavy atom. The number of unbranched alkanes of at least 4 members (excludes halogenated alkanes) is 7. The number of nitrogens with one attached hydrogen (secondary N) is 1. The molecule has 1 heterocycles. The Balaban J connectivity index is 1.83. The Bertz CT molecular complexity index is 226. The molecule has 0 aromatic rings. The van der Waals surface area contributed by atoms with Crippen LogP contribution in [0.4, 0.5) is 0 Å². The zero-order chi connectivity index (χ0) is 12.4. The molecular formula is C12H26NO3P. The van der Waals surface area contributed by atoms with Gasteiger partial charge in [-0.2, -0.15) is 0 Å². The van der Waals surface area contributed by atoms with Gasteiger partial charge in [0.05, 0.1) is 13.2 Å². The molecule has 4 nitrogen and oxygen atoms in total. The summed E-state index contributed by atoms with van der Waals surface area (Å²) in [5, 5.41) is 2.77. The molecule has 0 aliphatic carbocycles. The largest absolute Gasteiger partial charge is 0.405 e. The average Bonchev–Trinajstić information content (AvgIpc) is 2.74. The van der Waals surface area contributed by atoms with Crippen molar-refractivity contribution in [1.82, 2.24) is 5.09 Å². The Morgan fingerprint density at radius 3 is 2.35 bits per heavy atom. The first kappa shape index (κ1) is 15.2. The first-order valence-corrected chi connectivity index (χ1v) is 8.45. The Morgan fingerprint density at radius 1 is 1.12 bits per heavy atom. The van der Waals surface area contributed by atoms with Gasteiger partial charge in [-0.1, -0.05) is 51.9 Å². The van der Waals surface area contributed by atoms with Gasteiger partial charge < -0.3 is 0 Å². The Labute approximate surface area is 105 Å². The molecular weight excluding hydrogens is 237 g/mol. The molecule has 1 aliphatic heterocycles. The third kappa shape index (κ3) is 7.20. The summed E-state index contributed by atoms with van der Waals surface area (Å²) >= 11 is 0. The molecule has 1 unspecified atom stereocenters. The highest BCUT2D eigenvalue weighted by molar-refractivity contribution is 7.51. The van der Waals surface area contributed by atoms with E-state index in [0.29, 0.717) is 19.8 Å². The molecule has 0 saturated carbocycles. The van der Waals surface area contributed by atoms with Crippen LogP contribution in [0, 0.1) is 0 Å². The maximum atomic E-state index is 11.7. The molecule has 0 aromatic heterocycles. The van der Waals surface area contributed by atoms with E-state index in [1.165, 1.54) is 38.5 Å². The van der Waals surface area contributed by atoms with E-state index in [9.17, 15) is 4.57 Å². The van der Waals surface area contributed by atoms with Gasteiger partial charge in [-0.05, 0) is 6.42 Å². The second-order valence-electron chi connectivity index (χ2n) is 4.55. The lowest BCUT2D eigenvalue weighted by Crippen LogP contribution is -2.06. The fourth-order valence-electron chi connectivity index (χ4n) is 1.90. The van der Waals surface area contributed by atoms with Crippen molar-refractivity contribution in [2.24, 2.45) is 0 Å². The van der Waals surface area contributed by atoms with Crippen LogP contribution < -0.4 is 5.09 Å². The molecule has 1 aliphatic rings. The molecule has 102 valence electrons. The lowest BCUT2D eigenvalue weighted by Gasteiger charge is -2.10. The van der Waals surface area contributed by atoms with Crippen molar-refractivity contribution in [2.75, 3.05) is 19.8 Å². The summed E-state index contributed by atoms with van der Waals surface area (Å²) in [6, 6.07) is 0. The van der Waals surface area contributed by atoms with Crippen LogP contribution in [0.5, 0.6) is 0 Å². The highest BCUT2D eigenvalue weighted by Gasteiger charge is 2.28. The minimum absolute atomic E-state index is 0.495. The van der Waals surface area contributed by atoms with E-state index in [1.807, 2.05) is 0 Å². The Hall–Kier alpha value is 0.110. The van der Waals surface area contributed by atoms with Crippen molar-refractivity contribution in [2.45, 2.75) is 58.3 Å². The standard InChI is InChI=1S/C12H26NO3P/c1-2-3-4-5-6-7-8-9-11-15-17(14)13-10-12-16-17/h2-12H2,1H3,(H,13,14). The topological polar surface area (TPSA) is 47.6 Å². The quantitative estimate of drug-likeness (QED) is 0.480. The van der Waals surface area contributed by atoms with Crippen LogP contribution in [0.2, 0.25) is 0 Å². The van der Waals surface area contributed by atoms with E-state index < -0.39 is 7.75 Å². The molecule has 0 radical (unpaired) electrons. The SMILES string of the molecule is CCCCCCCCCCOP1(=O)NCCO1. The van der Waals surface area contributed by atoms with Crippen molar-refractivity contribution < 1.29 is 13.6 Å². The summed E-state index contributed by atoms with van der Waals surface area (Å²) < 4.78 is 22.0. The predicted molar refractivity (Wildman–Crippen MR) is 70.1 cm³/mol. The third-order valence-corrected chi connectivity index (χ3v) is 4.58. The van der Waals surface area contributed by atoms with E-state index in [1.54, 1.807) is 0 Å². The van der Waals surface area contributed by atoms with Gasteiger partial charge in [-0.3, -0.25) is 9.05 Å². The van der Waals surface area contributed by atoms with Crippen LogP contribution in [0.3, 0.4) is 0 Å². The normalized spacial score (nSPS) is 24.3. The minimum atomic E-state index is -2.89. The van der Waals surface area contributed by atoms with Crippen LogP contribution >= 0.6 is 7.75 Å². The molecule has 1 fully saturated rings. The molecule has 17 heavy (non-hydrogen) atoms. The van der Waals surface area contributed by atoms with Crippen LogP contribution in [0.25, 0.3) is 0 Å². The zero-order valence-electron chi connectivity index (χ0n) is 11.0. The van der Waals surface area contributed by atoms with Gasteiger partial charge in [0.1, 0.15) is 0 Å². The minimum Gasteiger partial charge on any atom is -0.297 e. The highest BCUT2D eigenvalue weighted by atomic mass is 31.2. The van der Waals surface area contributed by atoms with Crippen molar-refractivity contribution in [1.29, 1.82) is 0 Å². The number of hydrogen-bond donors (Lipinski definition) is 1. The van der Waals surface area contributed by atoms with Gasteiger partial charge in [0.15, 0.2) is 0 Å². The monoisotopic (exact) mass is 263 g/mol. The molecule has 1 N–H and O–H groups in total. The van der Waals surface area contributed by atoms with Crippen molar-refractivity contribution in [3.05, 3.63) is 0 Å². The first-order valence-electron chi connectivity index (χ1n) is 6.91. The molecule has 1 rings (SSSR count). The molecule has 1 atom stereocenters. The molecule has 1 saturated heterocycles. The summed E-state index contributed by atoms with van der Waals surface area (Å²) in [5.41, 5.74) is 0. The summed E-state index contributed by atoms with van der Waals surface area (Å²) in [4.78, 5) is 0. The molecule has 0 amide bonds. The smallest absolute Gasteiger partial charge is 0.297 e. The number of rotatable bonds is 10. The van der Waals surface area contributed by atoms with E-state index in [0.717, 1.165) is 12.8 Å². The summed E-state index contributed by atoms with van der Waals surface area (Å²) in [6.07, 6.45) is 10.1. The van der Waals surface area contributed by atoms with E-state index >= 15 is 0 Å². The molecule has 5 heteroatoms. The first-order chi connectivity index (χ1) is 8.27. The van der Waals surface area contributed by atoms with Crippen LogP contribution in [0.15, 0.2) is 0 Å². The molecule has 0 spiro atoms. The van der Waals surface area contributed by atoms with Crippen molar-refractivity contribution in [3.8, 4) is 0 Å². The van der Waals surface area contributed by atoms with Gasteiger partial charge in [0.25, 0.3) is 0 Å². The molecule has 0 aromatic carbocycles. The maximum absolute atomic E-state index is 11.7. The second kappa shape index (κ2) is 9.09. The van der Waals surface area contributed by atoms with Gasteiger partial charge in [0, 0.05) is 6.54 Å². The third-order valence-electron chi connectivity index (χ3n) is 2.93. The lowest BCUT2D eigenvalue weighted by atomic mass is 10.1. The molecule has 0 bridgehead atoms. The number of hydrogen-bond acceptors (Lipinski definition) is 3. The van der Waals surface area contributed by atoms with Crippen LogP contribution in [-0.2, 0) is 13.6 Å². The Kier molecular flexibility index (Phi) is 8.12. The van der Waals surface area contributed by atoms with Gasteiger partial charge in [-0.15, -0.1) is 0 Å². The predicted octanol–water partition coefficient (Wildman–Crippen LogP) is 3.87. The van der Waals surface area contributed by atoms with E-state index in [-0.39, 0.29) is 0 Å². The van der Waals surface area contributed by atoms with Crippen LogP contribution in [0.1, 0.15) is 58.3 Å². The average molecular weight is 263 g/mol. The summed E-state index contributed by atoms with van der Waals surface area (Å²) in [6.45, 7) is 3.90. The van der Waals surface area contributed by atoms with Crippen LogP contribution in [-0.4, -0.2) is 19.8 Å². The van der Waals surface area contributed by atoms with Crippen molar-refractivity contribution >= 4 is 7.75 Å². The van der Waals surface area contributed by atoms with E-state index in [2.05, 4.69) is 12.0 Å². The summed E-state index contributed by atoms with van der Waals surface area (Å²) in [5.74, 6) is 0. The highest BCUT2D eigenvalue weighted by Crippen LogP contribution is 2.46. The summed E-state index contributed by atoms with van der Waals surface area (Å²) in [7, 11) is -2.89. The second-order valence-corrected chi connectivity index (χ2v) is 6.37. The zero-order valence-corrected chi connectivity index (χ0v) is 11.8. The van der Waals surface area contributed by atoms with E-state index in [4.69, 9.17) is 9.05 Å². The van der Waals surface area contributed by atoms with Crippen molar-refractivity contribution in [3.63, 3.8) is 0 Å². The van der Waals surface area contributed by atoms with Gasteiger partial charge in [0.2, 0.25) is 0 Å². The lowest BCUT2D eigenvalue weighted by molar-refractivity contribution is 0.224. The van der Waals surface area contributed by atoms with Gasteiger partial charge >= 0.3 is 7.75 Å².